The molecule has 0 unspecified atom stereocenters. The summed E-state index contributed by atoms with van der Waals surface area (Å²) < 4.78 is 32.9. The van der Waals surface area contributed by atoms with E-state index in [1.807, 2.05) is 36.4 Å². The summed E-state index contributed by atoms with van der Waals surface area (Å²) in [7, 11) is -2.28. The molecule has 0 saturated carbocycles. The Morgan fingerprint density at radius 3 is 2.07 bits per heavy atom. The Labute approximate surface area is 170 Å². The topological polar surface area (TPSA) is 72.5 Å². The zero-order valence-electron chi connectivity index (χ0n) is 15.9. The Hall–Kier alpha value is -3.22. The molecule has 148 valence electrons. The molecule has 0 heterocycles. The van der Waals surface area contributed by atoms with Gasteiger partial charge in [0.1, 0.15) is 5.75 Å². The zero-order valence-corrected chi connectivity index (χ0v) is 16.7. The van der Waals surface area contributed by atoms with Crippen LogP contribution in [0.4, 0.5) is 0 Å². The maximum atomic E-state index is 13.0. The van der Waals surface area contributed by atoms with Crippen molar-refractivity contribution in [1.82, 2.24) is 4.72 Å². The van der Waals surface area contributed by atoms with Gasteiger partial charge in [-0.3, -0.25) is 4.79 Å². The second-order valence-corrected chi connectivity index (χ2v) is 8.04. The fourth-order valence-electron chi connectivity index (χ4n) is 2.73. The third-order valence-corrected chi connectivity index (χ3v) is 5.71. The van der Waals surface area contributed by atoms with E-state index in [2.05, 4.69) is 4.72 Å². The lowest BCUT2D eigenvalue weighted by atomic mass is 10.0. The first kappa shape index (κ1) is 20.5. The number of benzene rings is 3. The predicted octanol–water partition coefficient (Wildman–Crippen LogP) is 3.94. The van der Waals surface area contributed by atoms with Gasteiger partial charge in [-0.05, 0) is 35.9 Å². The van der Waals surface area contributed by atoms with Crippen LogP contribution in [-0.2, 0) is 10.0 Å². The van der Waals surface area contributed by atoms with Crippen molar-refractivity contribution in [1.29, 1.82) is 0 Å². The third-order valence-electron chi connectivity index (χ3n) is 4.29. The Kier molecular flexibility index (Phi) is 6.59. The van der Waals surface area contributed by atoms with Crippen LogP contribution in [0.25, 0.3) is 6.08 Å². The second kappa shape index (κ2) is 9.32. The van der Waals surface area contributed by atoms with E-state index < -0.39 is 10.0 Å². The van der Waals surface area contributed by atoms with Crippen LogP contribution in [-0.4, -0.2) is 27.9 Å². The van der Waals surface area contributed by atoms with E-state index in [0.29, 0.717) is 16.9 Å². The Bertz CT molecular complexity index is 1090. The van der Waals surface area contributed by atoms with E-state index in [4.69, 9.17) is 4.74 Å². The average Bonchev–Trinajstić information content (AvgIpc) is 2.77. The fourth-order valence-corrected chi connectivity index (χ4v) is 3.74. The molecule has 1 N–H and O–H groups in total. The molecule has 29 heavy (non-hydrogen) atoms. The maximum absolute atomic E-state index is 13.0. The molecule has 0 atom stereocenters. The van der Waals surface area contributed by atoms with E-state index in [-0.39, 0.29) is 17.2 Å². The van der Waals surface area contributed by atoms with Gasteiger partial charge in [0.2, 0.25) is 10.0 Å². The fraction of sp³-hybridized carbons (Fsp3) is 0.0870. The number of ether oxygens (including phenoxy) is 1. The summed E-state index contributed by atoms with van der Waals surface area (Å²) in [4.78, 5) is 13.1. The van der Waals surface area contributed by atoms with E-state index in [0.717, 1.165) is 5.56 Å². The van der Waals surface area contributed by atoms with Crippen LogP contribution < -0.4 is 9.46 Å². The van der Waals surface area contributed by atoms with Crippen LogP contribution in [0.2, 0.25) is 0 Å². The normalized spacial score (nSPS) is 11.8. The number of hydrogen-bond donors (Lipinski definition) is 1. The number of carbonyl (C=O) groups is 1. The predicted molar refractivity (Wildman–Crippen MR) is 113 cm³/mol. The van der Waals surface area contributed by atoms with Gasteiger partial charge in [0.25, 0.3) is 0 Å². The lowest BCUT2D eigenvalue weighted by Crippen LogP contribution is -2.28. The van der Waals surface area contributed by atoms with Crippen molar-refractivity contribution >= 4 is 21.9 Å². The van der Waals surface area contributed by atoms with Gasteiger partial charge in [-0.15, -0.1) is 0 Å². The van der Waals surface area contributed by atoms with Crippen molar-refractivity contribution in [3.8, 4) is 5.75 Å². The number of rotatable bonds is 8. The first-order valence-corrected chi connectivity index (χ1v) is 10.5. The van der Waals surface area contributed by atoms with E-state index in [1.165, 1.54) is 19.2 Å². The molecule has 0 bridgehead atoms. The van der Waals surface area contributed by atoms with Gasteiger partial charge in [0.05, 0.1) is 12.0 Å². The van der Waals surface area contributed by atoms with Crippen LogP contribution in [0.5, 0.6) is 5.75 Å². The molecule has 0 aliphatic carbocycles. The Balaban J connectivity index is 1.86. The van der Waals surface area contributed by atoms with Crippen molar-refractivity contribution < 1.29 is 17.9 Å². The molecular weight excluding hydrogens is 386 g/mol. The minimum atomic E-state index is -3.79. The number of carbonyl (C=O) groups excluding carboxylic acids is 1. The van der Waals surface area contributed by atoms with Crippen molar-refractivity contribution in [3.05, 3.63) is 102 Å². The van der Waals surface area contributed by atoms with Gasteiger partial charge in [-0.25, -0.2) is 13.1 Å². The first-order chi connectivity index (χ1) is 14.0. The number of ketones is 1. The number of Topliss-reactive ketones (excluding diaryl/α,β-unsaturated/α-hetero) is 1. The third kappa shape index (κ3) is 5.40. The summed E-state index contributed by atoms with van der Waals surface area (Å²) in [6.07, 6.45) is 1.70. The van der Waals surface area contributed by atoms with E-state index in [1.54, 1.807) is 42.5 Å². The minimum absolute atomic E-state index is 0.101. The van der Waals surface area contributed by atoms with Gasteiger partial charge in [-0.1, -0.05) is 60.7 Å². The lowest BCUT2D eigenvalue weighted by Gasteiger charge is -2.11. The van der Waals surface area contributed by atoms with Crippen molar-refractivity contribution in [3.63, 3.8) is 0 Å². The van der Waals surface area contributed by atoms with E-state index >= 15 is 0 Å². The molecule has 6 heteroatoms. The largest absolute Gasteiger partial charge is 0.497 e. The highest BCUT2D eigenvalue weighted by atomic mass is 32.2. The monoisotopic (exact) mass is 407 g/mol. The average molecular weight is 407 g/mol. The Morgan fingerprint density at radius 2 is 1.48 bits per heavy atom. The quantitative estimate of drug-likeness (QED) is 0.453. The minimum Gasteiger partial charge on any atom is -0.497 e. The summed E-state index contributed by atoms with van der Waals surface area (Å²) in [5.41, 5.74) is 1.66. The highest BCUT2D eigenvalue weighted by Gasteiger charge is 2.18. The molecule has 0 aromatic heterocycles. The molecule has 0 aliphatic heterocycles. The number of methoxy groups -OCH3 is 1. The van der Waals surface area contributed by atoms with Crippen molar-refractivity contribution in [2.45, 2.75) is 4.90 Å². The van der Waals surface area contributed by atoms with Crippen LogP contribution in [0, 0.1) is 0 Å². The van der Waals surface area contributed by atoms with Crippen LogP contribution in [0.1, 0.15) is 15.9 Å². The molecule has 0 fully saturated rings. The Morgan fingerprint density at radius 1 is 0.897 bits per heavy atom. The molecule has 0 amide bonds. The lowest BCUT2D eigenvalue weighted by molar-refractivity contribution is 0.103. The molecule has 3 rings (SSSR count). The van der Waals surface area contributed by atoms with Gasteiger partial charge in [-0.2, -0.15) is 0 Å². The van der Waals surface area contributed by atoms with Gasteiger partial charge < -0.3 is 4.74 Å². The summed E-state index contributed by atoms with van der Waals surface area (Å²) in [6.45, 7) is -0.128. The molecule has 0 saturated heterocycles. The van der Waals surface area contributed by atoms with Crippen molar-refractivity contribution in [2.75, 3.05) is 13.7 Å². The maximum Gasteiger partial charge on any atom is 0.240 e. The van der Waals surface area contributed by atoms with Crippen LogP contribution in [0.15, 0.2) is 95.4 Å². The van der Waals surface area contributed by atoms with E-state index in [9.17, 15) is 13.2 Å². The molecular formula is C23H21NO4S. The van der Waals surface area contributed by atoms with Crippen LogP contribution in [0.3, 0.4) is 0 Å². The molecule has 0 radical (unpaired) electrons. The highest BCUT2D eigenvalue weighted by Crippen LogP contribution is 2.17. The highest BCUT2D eigenvalue weighted by molar-refractivity contribution is 7.89. The number of sulfonamides is 1. The molecule has 5 nitrogen and oxygen atoms in total. The smallest absolute Gasteiger partial charge is 0.240 e. The van der Waals surface area contributed by atoms with Crippen LogP contribution >= 0.6 is 0 Å². The zero-order chi connectivity index (χ0) is 20.7. The molecule has 0 spiro atoms. The SMILES string of the molecule is COc1ccc(S(=O)(=O)NCC(=Cc2ccccc2)C(=O)c2ccccc2)cc1. The second-order valence-electron chi connectivity index (χ2n) is 6.28. The molecule has 3 aromatic carbocycles. The summed E-state index contributed by atoms with van der Waals surface area (Å²) >= 11 is 0. The summed E-state index contributed by atoms with van der Waals surface area (Å²) in [5.74, 6) is 0.333. The number of nitrogens with one attached hydrogen (secondary N) is 1. The summed E-state index contributed by atoms with van der Waals surface area (Å²) in [6, 6.07) is 24.2. The summed E-state index contributed by atoms with van der Waals surface area (Å²) in [5, 5.41) is 0. The first-order valence-electron chi connectivity index (χ1n) is 8.99. The molecule has 3 aromatic rings. The standard InChI is InChI=1S/C23H21NO4S/c1-28-21-12-14-22(15-13-21)29(26,27)24-17-20(16-18-8-4-2-5-9-18)23(25)19-10-6-3-7-11-19/h2-16,24H,17H2,1H3. The molecule has 0 aliphatic rings. The van der Waals surface area contributed by atoms with Gasteiger partial charge in [0, 0.05) is 17.7 Å². The van der Waals surface area contributed by atoms with Crippen molar-refractivity contribution in [2.24, 2.45) is 0 Å². The van der Waals surface area contributed by atoms with Gasteiger partial charge in [0.15, 0.2) is 5.78 Å². The van der Waals surface area contributed by atoms with Gasteiger partial charge >= 0.3 is 0 Å². The number of hydrogen-bond acceptors (Lipinski definition) is 4.